The van der Waals surface area contributed by atoms with Crippen LogP contribution in [0.5, 0.6) is 0 Å². The summed E-state index contributed by atoms with van der Waals surface area (Å²) in [7, 11) is 1.58. The third kappa shape index (κ3) is 4.31. The maximum atomic E-state index is 12.2. The average Bonchev–Trinajstić information content (AvgIpc) is 2.60. The molecule has 1 saturated heterocycles. The van der Waals surface area contributed by atoms with Gasteiger partial charge in [-0.25, -0.2) is 15.0 Å². The summed E-state index contributed by atoms with van der Waals surface area (Å²) in [6.45, 7) is 5.86. The minimum atomic E-state index is -0.330. The average molecular weight is 344 g/mol. The van der Waals surface area contributed by atoms with Gasteiger partial charge in [-0.1, -0.05) is 14.4 Å². The summed E-state index contributed by atoms with van der Waals surface area (Å²) in [5, 5.41) is 0. The molecule has 0 aliphatic carbocycles. The largest absolute Gasteiger partial charge is 0.374 e. The zero-order valence-electron chi connectivity index (χ0n) is 14.5. The first-order chi connectivity index (χ1) is 11.6. The number of piperidine rings is 1. The van der Waals surface area contributed by atoms with E-state index in [-0.39, 0.29) is 19.3 Å². The monoisotopic (exact) mass is 344 g/mol. The van der Waals surface area contributed by atoms with Crippen LogP contribution < -0.4 is 4.90 Å². The Kier molecular flexibility index (Phi) is 6.42. The number of hydrogen-bond donors (Lipinski definition) is 0. The molecular formula is C19H28N4O2. The molecule has 0 radical (unpaired) electrons. The lowest BCUT2D eigenvalue weighted by atomic mass is 9.86. The molecule has 2 aromatic rings. The van der Waals surface area contributed by atoms with Gasteiger partial charge < -0.3 is 9.64 Å². The number of anilines is 1. The van der Waals surface area contributed by atoms with Crippen LogP contribution in [0.2, 0.25) is 0 Å². The number of nitrogens with zero attached hydrogens (tertiary/aromatic N) is 4. The number of methoxy groups -OCH3 is 1. The van der Waals surface area contributed by atoms with Crippen LogP contribution >= 0.6 is 0 Å². The summed E-state index contributed by atoms with van der Waals surface area (Å²) in [5.41, 5.74) is 2.54. The second-order valence-electron chi connectivity index (χ2n) is 6.72. The Hall–Kier alpha value is -2.08. The number of carbonyl (C=O) groups is 1. The summed E-state index contributed by atoms with van der Waals surface area (Å²) in [6.07, 6.45) is 6.42. The fraction of sp³-hybridized carbons (Fsp3) is 0.579. The Morgan fingerprint density at radius 2 is 2.00 bits per heavy atom. The zero-order valence-corrected chi connectivity index (χ0v) is 14.5. The molecule has 0 aromatic carbocycles. The Morgan fingerprint density at radius 1 is 1.28 bits per heavy atom. The number of ether oxygens (including phenoxy) is 1. The first-order valence-corrected chi connectivity index (χ1v) is 8.44. The Bertz CT molecular complexity index is 716. The van der Waals surface area contributed by atoms with Crippen LogP contribution in [0, 0.1) is 11.8 Å². The van der Waals surface area contributed by atoms with Gasteiger partial charge >= 0.3 is 0 Å². The molecule has 1 aliphatic heterocycles. The highest BCUT2D eigenvalue weighted by atomic mass is 16.5. The number of fused-ring (bicyclic) bond motifs is 1. The van der Waals surface area contributed by atoms with Crippen LogP contribution in [0.1, 0.15) is 34.1 Å². The zero-order chi connectivity index (χ0) is 17.1. The van der Waals surface area contributed by atoms with Gasteiger partial charge in [0.1, 0.15) is 11.6 Å². The molecule has 1 aliphatic rings. The lowest BCUT2D eigenvalue weighted by Crippen LogP contribution is -2.41. The van der Waals surface area contributed by atoms with Crippen molar-refractivity contribution in [3.8, 4) is 0 Å². The van der Waals surface area contributed by atoms with Crippen molar-refractivity contribution in [3.05, 3.63) is 24.7 Å². The van der Waals surface area contributed by atoms with E-state index < -0.39 is 0 Å². The number of ketones is 1. The molecule has 6 heteroatoms. The number of hydrogen-bond acceptors (Lipinski definition) is 6. The molecule has 0 amide bonds. The standard InChI is InChI=1S/C18H24N4O2.CH4/c1-12-8-14(9-16(23)13(2)24-3)11-22(10-12)15-4-5-20-18-17(15)19-6-7-21-18;/h4-7,12-14H,8-11H2,1-3H3;1H4/t12-,13?,14-;/m0./s1. The Balaban J connectivity index is 0.00000225. The predicted molar refractivity (Wildman–Crippen MR) is 99.6 cm³/mol. The normalized spacial score (nSPS) is 21.6. The van der Waals surface area contributed by atoms with Crippen molar-refractivity contribution in [2.75, 3.05) is 25.1 Å². The van der Waals surface area contributed by atoms with E-state index in [1.165, 1.54) is 0 Å². The van der Waals surface area contributed by atoms with Crippen molar-refractivity contribution in [1.29, 1.82) is 0 Å². The maximum Gasteiger partial charge on any atom is 0.180 e. The topological polar surface area (TPSA) is 68.2 Å². The van der Waals surface area contributed by atoms with Crippen molar-refractivity contribution < 1.29 is 9.53 Å². The van der Waals surface area contributed by atoms with Gasteiger partial charge in [-0.3, -0.25) is 4.79 Å². The molecule has 1 fully saturated rings. The van der Waals surface area contributed by atoms with E-state index in [0.717, 1.165) is 30.7 Å². The van der Waals surface area contributed by atoms with Crippen LogP contribution in [0.3, 0.4) is 0 Å². The van der Waals surface area contributed by atoms with Crippen LogP contribution in [-0.2, 0) is 9.53 Å². The van der Waals surface area contributed by atoms with E-state index in [0.29, 0.717) is 23.9 Å². The van der Waals surface area contributed by atoms with Crippen molar-refractivity contribution in [2.45, 2.75) is 40.2 Å². The lowest BCUT2D eigenvalue weighted by molar-refractivity contribution is -0.128. The fourth-order valence-electron chi connectivity index (χ4n) is 3.53. The third-order valence-electron chi connectivity index (χ3n) is 4.73. The van der Waals surface area contributed by atoms with Gasteiger partial charge in [-0.05, 0) is 31.2 Å². The molecule has 6 nitrogen and oxygen atoms in total. The second kappa shape index (κ2) is 8.34. The van der Waals surface area contributed by atoms with Crippen LogP contribution in [0.25, 0.3) is 11.2 Å². The number of aromatic nitrogens is 3. The minimum Gasteiger partial charge on any atom is -0.374 e. The smallest absolute Gasteiger partial charge is 0.180 e. The van der Waals surface area contributed by atoms with E-state index in [1.807, 2.05) is 13.0 Å². The molecule has 25 heavy (non-hydrogen) atoms. The van der Waals surface area contributed by atoms with Gasteiger partial charge in [-0.15, -0.1) is 0 Å². The number of rotatable bonds is 5. The summed E-state index contributed by atoms with van der Waals surface area (Å²) < 4.78 is 5.16. The third-order valence-corrected chi connectivity index (χ3v) is 4.73. The van der Waals surface area contributed by atoms with E-state index in [1.54, 1.807) is 25.7 Å². The SMILES string of the molecule is C.COC(C)C(=O)C[C@@H]1C[C@H](C)CN(c2ccnc3nccnc23)C1. The molecule has 0 N–H and O–H groups in total. The van der Waals surface area contributed by atoms with Crippen LogP contribution in [0.4, 0.5) is 5.69 Å². The van der Waals surface area contributed by atoms with Crippen LogP contribution in [-0.4, -0.2) is 47.0 Å². The summed E-state index contributed by atoms with van der Waals surface area (Å²) in [4.78, 5) is 27.6. The number of pyridine rings is 1. The van der Waals surface area contributed by atoms with Gasteiger partial charge in [0.05, 0.1) is 5.69 Å². The highest BCUT2D eigenvalue weighted by Crippen LogP contribution is 2.31. The van der Waals surface area contributed by atoms with Crippen molar-refractivity contribution >= 4 is 22.6 Å². The van der Waals surface area contributed by atoms with E-state index in [2.05, 4.69) is 26.8 Å². The molecule has 3 atom stereocenters. The number of Topliss-reactive ketones (excluding diaryl/α,β-unsaturated/α-hetero) is 1. The van der Waals surface area contributed by atoms with E-state index >= 15 is 0 Å². The molecule has 3 rings (SSSR count). The highest BCUT2D eigenvalue weighted by molar-refractivity contribution is 5.85. The summed E-state index contributed by atoms with van der Waals surface area (Å²) in [6, 6.07) is 1.99. The molecule has 1 unspecified atom stereocenters. The summed E-state index contributed by atoms with van der Waals surface area (Å²) in [5.74, 6) is 1.03. The predicted octanol–water partition coefficient (Wildman–Crippen LogP) is 3.12. The maximum absolute atomic E-state index is 12.2. The van der Waals surface area contributed by atoms with Crippen molar-refractivity contribution in [2.24, 2.45) is 11.8 Å². The number of carbonyl (C=O) groups excluding carboxylic acids is 1. The molecule has 0 spiro atoms. The molecule has 3 heterocycles. The summed E-state index contributed by atoms with van der Waals surface area (Å²) >= 11 is 0. The molecule has 0 bridgehead atoms. The first-order valence-electron chi connectivity index (χ1n) is 8.44. The minimum absolute atomic E-state index is 0. The molecule has 0 saturated carbocycles. The second-order valence-corrected chi connectivity index (χ2v) is 6.72. The quantitative estimate of drug-likeness (QED) is 0.830. The molecular weight excluding hydrogens is 316 g/mol. The lowest BCUT2D eigenvalue weighted by Gasteiger charge is -2.38. The first kappa shape index (κ1) is 19.2. The van der Waals surface area contributed by atoms with E-state index in [4.69, 9.17) is 4.74 Å². The van der Waals surface area contributed by atoms with Crippen LogP contribution in [0.15, 0.2) is 24.7 Å². The van der Waals surface area contributed by atoms with Gasteiger partial charge in [0.25, 0.3) is 0 Å². The Morgan fingerprint density at radius 3 is 2.76 bits per heavy atom. The van der Waals surface area contributed by atoms with Crippen molar-refractivity contribution in [1.82, 2.24) is 15.0 Å². The van der Waals surface area contributed by atoms with Gasteiger partial charge in [0.15, 0.2) is 11.4 Å². The molecule has 2 aromatic heterocycles. The van der Waals surface area contributed by atoms with Gasteiger partial charge in [0.2, 0.25) is 0 Å². The van der Waals surface area contributed by atoms with Crippen molar-refractivity contribution in [3.63, 3.8) is 0 Å². The highest BCUT2D eigenvalue weighted by Gasteiger charge is 2.29. The molecule has 136 valence electrons. The fourth-order valence-corrected chi connectivity index (χ4v) is 3.53. The van der Waals surface area contributed by atoms with E-state index in [9.17, 15) is 4.79 Å². The Labute approximate surface area is 149 Å². The van der Waals surface area contributed by atoms with Gasteiger partial charge in [-0.2, -0.15) is 0 Å². The van der Waals surface area contributed by atoms with Gasteiger partial charge in [0, 0.05) is 45.2 Å².